The van der Waals surface area contributed by atoms with Crippen molar-refractivity contribution in [1.29, 1.82) is 0 Å². The predicted molar refractivity (Wildman–Crippen MR) is 69.8 cm³/mol. The number of carbonyl (C=O) groups excluding carboxylic acids is 1. The monoisotopic (exact) mass is 250 g/mol. The van der Waals surface area contributed by atoms with Crippen LogP contribution in [0.15, 0.2) is 23.8 Å². The van der Waals surface area contributed by atoms with E-state index >= 15 is 0 Å². The van der Waals surface area contributed by atoms with Gasteiger partial charge < -0.3 is 14.2 Å². The normalized spacial score (nSPS) is 11.0. The average molecular weight is 250 g/mol. The summed E-state index contributed by atoms with van der Waals surface area (Å²) in [5, 5.41) is 0. The van der Waals surface area contributed by atoms with E-state index in [0.717, 1.165) is 5.56 Å². The predicted octanol–water partition coefficient (Wildman–Crippen LogP) is 2.67. The Kier molecular flexibility index (Phi) is 5.24. The van der Waals surface area contributed by atoms with Crippen LogP contribution < -0.4 is 9.47 Å². The first kappa shape index (κ1) is 14.1. The number of esters is 1. The van der Waals surface area contributed by atoms with Crippen molar-refractivity contribution in [2.24, 2.45) is 0 Å². The summed E-state index contributed by atoms with van der Waals surface area (Å²) in [6.45, 7) is 3.87. The highest BCUT2D eigenvalue weighted by Crippen LogP contribution is 2.28. The minimum absolute atomic E-state index is 0.313. The Morgan fingerprint density at radius 2 is 1.89 bits per heavy atom. The van der Waals surface area contributed by atoms with Crippen molar-refractivity contribution in [2.45, 2.75) is 13.8 Å². The lowest BCUT2D eigenvalue weighted by molar-refractivity contribution is -0.138. The fourth-order valence-electron chi connectivity index (χ4n) is 1.50. The molecule has 0 heterocycles. The van der Waals surface area contributed by atoms with Gasteiger partial charge in [0, 0.05) is 5.57 Å². The van der Waals surface area contributed by atoms with Gasteiger partial charge in [-0.25, -0.2) is 4.79 Å². The minimum Gasteiger partial charge on any atom is -0.493 e. The third kappa shape index (κ3) is 3.52. The Hall–Kier alpha value is -1.97. The van der Waals surface area contributed by atoms with E-state index in [2.05, 4.69) is 0 Å². The van der Waals surface area contributed by atoms with Crippen LogP contribution in [0.5, 0.6) is 11.5 Å². The van der Waals surface area contributed by atoms with Gasteiger partial charge in [-0.15, -0.1) is 0 Å². The van der Waals surface area contributed by atoms with E-state index in [4.69, 9.17) is 14.2 Å². The van der Waals surface area contributed by atoms with Crippen molar-refractivity contribution in [2.75, 3.05) is 20.8 Å². The molecule has 4 heteroatoms. The topological polar surface area (TPSA) is 44.8 Å². The van der Waals surface area contributed by atoms with E-state index in [1.165, 1.54) is 0 Å². The quantitative estimate of drug-likeness (QED) is 0.595. The van der Waals surface area contributed by atoms with E-state index in [1.54, 1.807) is 40.2 Å². The van der Waals surface area contributed by atoms with Gasteiger partial charge in [0.25, 0.3) is 0 Å². The largest absolute Gasteiger partial charge is 0.493 e. The highest BCUT2D eigenvalue weighted by atomic mass is 16.5. The number of rotatable bonds is 5. The first-order valence-electron chi connectivity index (χ1n) is 5.69. The lowest BCUT2D eigenvalue weighted by Crippen LogP contribution is -2.04. The summed E-state index contributed by atoms with van der Waals surface area (Å²) in [6.07, 6.45) is 1.75. The van der Waals surface area contributed by atoms with Crippen molar-refractivity contribution >= 4 is 12.0 Å². The molecule has 0 atom stereocenters. The van der Waals surface area contributed by atoms with Crippen LogP contribution >= 0.6 is 0 Å². The van der Waals surface area contributed by atoms with Gasteiger partial charge in [-0.3, -0.25) is 0 Å². The van der Waals surface area contributed by atoms with Crippen LogP contribution in [0.2, 0.25) is 0 Å². The Balaban J connectivity index is 2.97. The zero-order chi connectivity index (χ0) is 13.5. The Labute approximate surface area is 107 Å². The maximum absolute atomic E-state index is 11.5. The van der Waals surface area contributed by atoms with E-state index in [-0.39, 0.29) is 5.97 Å². The maximum Gasteiger partial charge on any atom is 0.333 e. The molecule has 0 saturated carbocycles. The van der Waals surface area contributed by atoms with Crippen LogP contribution in [0.25, 0.3) is 6.08 Å². The highest BCUT2D eigenvalue weighted by molar-refractivity contribution is 5.93. The molecule has 0 spiro atoms. The zero-order valence-corrected chi connectivity index (χ0v) is 11.1. The summed E-state index contributed by atoms with van der Waals surface area (Å²) in [7, 11) is 3.15. The zero-order valence-electron chi connectivity index (χ0n) is 11.1. The van der Waals surface area contributed by atoms with Crippen molar-refractivity contribution < 1.29 is 19.0 Å². The molecular formula is C14H18O4. The molecule has 1 aromatic rings. The van der Waals surface area contributed by atoms with Crippen LogP contribution in [-0.2, 0) is 9.53 Å². The molecule has 0 aliphatic carbocycles. The molecule has 1 aromatic carbocycles. The number of methoxy groups -OCH3 is 2. The molecule has 0 saturated heterocycles. The van der Waals surface area contributed by atoms with Gasteiger partial charge in [-0.2, -0.15) is 0 Å². The summed E-state index contributed by atoms with van der Waals surface area (Å²) in [5.41, 5.74) is 1.40. The first-order chi connectivity index (χ1) is 8.62. The van der Waals surface area contributed by atoms with Gasteiger partial charge in [-0.05, 0) is 37.6 Å². The van der Waals surface area contributed by atoms with Crippen LogP contribution in [0.4, 0.5) is 0 Å². The molecular weight excluding hydrogens is 232 g/mol. The van der Waals surface area contributed by atoms with E-state index in [0.29, 0.717) is 23.7 Å². The second-order valence-corrected chi connectivity index (χ2v) is 3.66. The molecule has 0 bridgehead atoms. The van der Waals surface area contributed by atoms with E-state index in [9.17, 15) is 4.79 Å². The molecule has 0 aliphatic rings. The van der Waals surface area contributed by atoms with Gasteiger partial charge in [0.2, 0.25) is 0 Å². The molecule has 98 valence electrons. The lowest BCUT2D eigenvalue weighted by Gasteiger charge is -2.08. The number of ether oxygens (including phenoxy) is 3. The van der Waals surface area contributed by atoms with Gasteiger partial charge in [-0.1, -0.05) is 6.07 Å². The Bertz CT molecular complexity index is 449. The Morgan fingerprint density at radius 3 is 2.44 bits per heavy atom. The van der Waals surface area contributed by atoms with Crippen LogP contribution in [0.1, 0.15) is 19.4 Å². The van der Waals surface area contributed by atoms with Gasteiger partial charge in [0.05, 0.1) is 20.8 Å². The van der Waals surface area contributed by atoms with E-state index in [1.807, 2.05) is 12.1 Å². The molecule has 18 heavy (non-hydrogen) atoms. The summed E-state index contributed by atoms with van der Waals surface area (Å²) >= 11 is 0. The lowest BCUT2D eigenvalue weighted by atomic mass is 10.1. The standard InChI is InChI=1S/C14H18O4/c1-5-18-14(15)10(2)8-11-6-7-12(16-3)13(9-11)17-4/h6-9H,5H2,1-4H3/b10-8-. The summed E-state index contributed by atoms with van der Waals surface area (Å²) in [5.74, 6) is 0.971. The second kappa shape index (κ2) is 6.69. The SMILES string of the molecule is CCOC(=O)/C(C)=C\c1ccc(OC)c(OC)c1. The first-order valence-corrected chi connectivity index (χ1v) is 5.69. The summed E-state index contributed by atoms with van der Waals surface area (Å²) < 4.78 is 15.3. The fourth-order valence-corrected chi connectivity index (χ4v) is 1.50. The highest BCUT2D eigenvalue weighted by Gasteiger charge is 2.07. The van der Waals surface area contributed by atoms with Gasteiger partial charge in [0.15, 0.2) is 11.5 Å². The van der Waals surface area contributed by atoms with Crippen molar-refractivity contribution in [3.8, 4) is 11.5 Å². The van der Waals surface area contributed by atoms with Crippen molar-refractivity contribution in [3.05, 3.63) is 29.3 Å². The third-order valence-corrected chi connectivity index (χ3v) is 2.39. The summed E-state index contributed by atoms with van der Waals surface area (Å²) in [4.78, 5) is 11.5. The smallest absolute Gasteiger partial charge is 0.333 e. The van der Waals surface area contributed by atoms with E-state index < -0.39 is 0 Å². The second-order valence-electron chi connectivity index (χ2n) is 3.66. The molecule has 4 nitrogen and oxygen atoms in total. The average Bonchev–Trinajstić information content (AvgIpc) is 2.38. The van der Waals surface area contributed by atoms with Crippen molar-refractivity contribution in [1.82, 2.24) is 0 Å². The van der Waals surface area contributed by atoms with Gasteiger partial charge >= 0.3 is 5.97 Å². The molecule has 0 fully saturated rings. The molecule has 0 aliphatic heterocycles. The number of benzene rings is 1. The number of carbonyl (C=O) groups is 1. The molecule has 0 amide bonds. The number of hydrogen-bond donors (Lipinski definition) is 0. The third-order valence-electron chi connectivity index (χ3n) is 2.39. The van der Waals surface area contributed by atoms with Crippen LogP contribution in [-0.4, -0.2) is 26.8 Å². The number of hydrogen-bond acceptors (Lipinski definition) is 4. The Morgan fingerprint density at radius 1 is 1.22 bits per heavy atom. The molecule has 0 N–H and O–H groups in total. The molecule has 0 unspecified atom stereocenters. The fraction of sp³-hybridized carbons (Fsp3) is 0.357. The van der Waals surface area contributed by atoms with Crippen LogP contribution in [0.3, 0.4) is 0 Å². The van der Waals surface area contributed by atoms with Crippen molar-refractivity contribution in [3.63, 3.8) is 0 Å². The maximum atomic E-state index is 11.5. The molecule has 0 aromatic heterocycles. The minimum atomic E-state index is -0.313. The summed E-state index contributed by atoms with van der Waals surface area (Å²) in [6, 6.07) is 5.45. The molecule has 1 rings (SSSR count). The molecule has 0 radical (unpaired) electrons. The van der Waals surface area contributed by atoms with Gasteiger partial charge in [0.1, 0.15) is 0 Å². The van der Waals surface area contributed by atoms with Crippen LogP contribution in [0, 0.1) is 0 Å².